The normalized spacial score (nSPS) is 11.9. The van der Waals surface area contributed by atoms with Gasteiger partial charge in [0.1, 0.15) is 18.2 Å². The Balaban J connectivity index is 3.15. The minimum absolute atomic E-state index is 0.00875. The molecular weight excluding hydrogens is 438 g/mol. The summed E-state index contributed by atoms with van der Waals surface area (Å²) in [5.74, 6) is -1.34. The van der Waals surface area contributed by atoms with Gasteiger partial charge in [-0.1, -0.05) is 30.9 Å². The van der Waals surface area contributed by atoms with E-state index in [-0.39, 0.29) is 32.2 Å². The van der Waals surface area contributed by atoms with Gasteiger partial charge < -0.3 is 25.0 Å². The van der Waals surface area contributed by atoms with E-state index in [4.69, 9.17) is 9.47 Å². The van der Waals surface area contributed by atoms with Gasteiger partial charge in [0.25, 0.3) is 0 Å². The van der Waals surface area contributed by atoms with Crippen molar-refractivity contribution in [1.82, 2.24) is 15.5 Å². The Hall–Kier alpha value is -3.36. The minimum atomic E-state index is -0.991. The number of nitrogens with one attached hydrogen (secondary N) is 2. The predicted octanol–water partition coefficient (Wildman–Crippen LogP) is 3.20. The van der Waals surface area contributed by atoms with E-state index in [2.05, 4.69) is 17.2 Å². The number of ether oxygens (including phenoxy) is 2. The van der Waals surface area contributed by atoms with Crippen LogP contribution < -0.4 is 10.6 Å². The molecule has 34 heavy (non-hydrogen) atoms. The highest BCUT2D eigenvalue weighted by atomic mass is 16.6. The van der Waals surface area contributed by atoms with Gasteiger partial charge in [-0.2, -0.15) is 0 Å². The molecule has 2 N–H and O–H groups in total. The highest BCUT2D eigenvalue weighted by molar-refractivity contribution is 5.91. The number of hydrogen-bond donors (Lipinski definition) is 2. The van der Waals surface area contributed by atoms with Crippen LogP contribution in [0.4, 0.5) is 4.79 Å². The molecule has 0 radical (unpaired) electrons. The first-order valence-electron chi connectivity index (χ1n) is 11.3. The molecule has 1 aromatic carbocycles. The standard InChI is InChI=1S/C25H37N3O6/c1-8-18-11-10-12-19(15-18)22(23(31)26-14-13-21(30)33-9-2)28(17(3)4)20(29)16-27-24(32)34-25(5,6)7/h8,10-12,15,17,22H,1,9,13-14,16H2,2-7H3,(H,26,31)(H,27,32). The quantitative estimate of drug-likeness (QED) is 0.475. The van der Waals surface area contributed by atoms with Crippen LogP contribution in [0.2, 0.25) is 0 Å². The van der Waals surface area contributed by atoms with Gasteiger partial charge in [0, 0.05) is 12.6 Å². The van der Waals surface area contributed by atoms with Gasteiger partial charge in [0.2, 0.25) is 11.8 Å². The third-order valence-corrected chi connectivity index (χ3v) is 4.55. The van der Waals surface area contributed by atoms with E-state index in [1.165, 1.54) is 4.90 Å². The summed E-state index contributed by atoms with van der Waals surface area (Å²) in [6.45, 7) is 14.2. The van der Waals surface area contributed by atoms with Crippen molar-refractivity contribution in [3.05, 3.63) is 42.0 Å². The minimum Gasteiger partial charge on any atom is -0.466 e. The number of benzene rings is 1. The van der Waals surface area contributed by atoms with Crippen LogP contribution >= 0.6 is 0 Å². The largest absolute Gasteiger partial charge is 0.466 e. The number of rotatable bonds is 11. The molecule has 0 saturated carbocycles. The first-order valence-corrected chi connectivity index (χ1v) is 11.3. The number of alkyl carbamates (subject to hydrolysis) is 1. The molecule has 1 aromatic rings. The van der Waals surface area contributed by atoms with Crippen LogP contribution in [-0.2, 0) is 23.9 Å². The number of carbonyl (C=O) groups is 4. The van der Waals surface area contributed by atoms with E-state index in [0.717, 1.165) is 5.56 Å². The van der Waals surface area contributed by atoms with Crippen LogP contribution in [-0.4, -0.2) is 60.1 Å². The average Bonchev–Trinajstić information content (AvgIpc) is 2.74. The van der Waals surface area contributed by atoms with Crippen molar-refractivity contribution in [3.63, 3.8) is 0 Å². The molecule has 1 rings (SSSR count). The summed E-state index contributed by atoms with van der Waals surface area (Å²) in [6.07, 6.45) is 0.924. The maximum atomic E-state index is 13.3. The van der Waals surface area contributed by atoms with E-state index in [1.54, 1.807) is 65.8 Å². The van der Waals surface area contributed by atoms with Crippen molar-refractivity contribution in [3.8, 4) is 0 Å². The summed E-state index contributed by atoms with van der Waals surface area (Å²) in [4.78, 5) is 51.5. The Morgan fingerprint density at radius 2 is 1.82 bits per heavy atom. The van der Waals surface area contributed by atoms with E-state index in [0.29, 0.717) is 5.56 Å². The predicted molar refractivity (Wildman–Crippen MR) is 130 cm³/mol. The molecule has 3 amide bonds. The second kappa shape index (κ2) is 13.4. The van der Waals surface area contributed by atoms with E-state index in [9.17, 15) is 19.2 Å². The molecular formula is C25H37N3O6. The summed E-state index contributed by atoms with van der Waals surface area (Å²) in [5, 5.41) is 5.18. The molecule has 0 aromatic heterocycles. The Labute approximate surface area is 201 Å². The second-order valence-corrected chi connectivity index (χ2v) is 8.87. The molecule has 0 aliphatic heterocycles. The molecule has 0 heterocycles. The van der Waals surface area contributed by atoms with Gasteiger partial charge in [-0.15, -0.1) is 0 Å². The summed E-state index contributed by atoms with van der Waals surface area (Å²) in [7, 11) is 0. The highest BCUT2D eigenvalue weighted by Gasteiger charge is 2.33. The van der Waals surface area contributed by atoms with Crippen LogP contribution in [0.3, 0.4) is 0 Å². The Morgan fingerprint density at radius 3 is 2.38 bits per heavy atom. The zero-order valence-corrected chi connectivity index (χ0v) is 21.0. The smallest absolute Gasteiger partial charge is 0.408 e. The topological polar surface area (TPSA) is 114 Å². The lowest BCUT2D eigenvalue weighted by molar-refractivity contribution is -0.144. The lowest BCUT2D eigenvalue weighted by Crippen LogP contribution is -2.50. The maximum absolute atomic E-state index is 13.3. The van der Waals surface area contributed by atoms with Crippen LogP contribution in [0.25, 0.3) is 6.08 Å². The van der Waals surface area contributed by atoms with Crippen molar-refractivity contribution in [2.75, 3.05) is 19.7 Å². The van der Waals surface area contributed by atoms with Gasteiger partial charge in [-0.05, 0) is 58.7 Å². The second-order valence-electron chi connectivity index (χ2n) is 8.87. The van der Waals surface area contributed by atoms with E-state index >= 15 is 0 Å². The maximum Gasteiger partial charge on any atom is 0.408 e. The molecule has 9 heteroatoms. The molecule has 0 aliphatic rings. The van der Waals surface area contributed by atoms with E-state index in [1.807, 2.05) is 6.07 Å². The fraction of sp³-hybridized carbons (Fsp3) is 0.520. The van der Waals surface area contributed by atoms with Crippen molar-refractivity contribution >= 4 is 30.0 Å². The first kappa shape index (κ1) is 28.7. The van der Waals surface area contributed by atoms with Gasteiger partial charge in [-0.3, -0.25) is 14.4 Å². The SMILES string of the molecule is C=Cc1cccc(C(C(=O)NCCC(=O)OCC)N(C(=O)CNC(=O)OC(C)(C)C)C(C)C)c1. The van der Waals surface area contributed by atoms with Crippen LogP contribution in [0.1, 0.15) is 65.1 Å². The molecule has 0 aliphatic carbocycles. The molecule has 1 atom stereocenters. The van der Waals surface area contributed by atoms with Crippen LogP contribution in [0.5, 0.6) is 0 Å². The van der Waals surface area contributed by atoms with Gasteiger partial charge in [-0.25, -0.2) is 4.79 Å². The van der Waals surface area contributed by atoms with Crippen LogP contribution in [0, 0.1) is 0 Å². The zero-order chi connectivity index (χ0) is 25.9. The average molecular weight is 476 g/mol. The van der Waals surface area contributed by atoms with Gasteiger partial charge in [0.05, 0.1) is 13.0 Å². The zero-order valence-electron chi connectivity index (χ0n) is 21.0. The fourth-order valence-electron chi connectivity index (χ4n) is 3.20. The summed E-state index contributed by atoms with van der Waals surface area (Å²) in [5.41, 5.74) is 0.646. The Bertz CT molecular complexity index is 876. The first-order chi connectivity index (χ1) is 15.9. The van der Waals surface area contributed by atoms with Crippen molar-refractivity contribution in [2.45, 2.75) is 65.6 Å². The Kier molecular flexibility index (Phi) is 11.3. The lowest BCUT2D eigenvalue weighted by atomic mass is 10.00. The van der Waals surface area contributed by atoms with E-state index < -0.39 is 35.5 Å². The molecule has 0 saturated heterocycles. The van der Waals surface area contributed by atoms with Gasteiger partial charge in [0.15, 0.2) is 0 Å². The molecule has 0 spiro atoms. The van der Waals surface area contributed by atoms with Crippen molar-refractivity contribution in [2.24, 2.45) is 0 Å². The van der Waals surface area contributed by atoms with Crippen molar-refractivity contribution < 1.29 is 28.7 Å². The van der Waals surface area contributed by atoms with Gasteiger partial charge >= 0.3 is 12.1 Å². The van der Waals surface area contributed by atoms with Crippen LogP contribution in [0.15, 0.2) is 30.8 Å². The molecule has 0 bridgehead atoms. The molecule has 188 valence electrons. The third-order valence-electron chi connectivity index (χ3n) is 4.55. The number of hydrogen-bond acceptors (Lipinski definition) is 6. The number of nitrogens with zero attached hydrogens (tertiary/aromatic N) is 1. The molecule has 0 fully saturated rings. The molecule has 1 unspecified atom stereocenters. The molecule has 9 nitrogen and oxygen atoms in total. The number of carbonyl (C=O) groups excluding carboxylic acids is 4. The monoisotopic (exact) mass is 475 g/mol. The summed E-state index contributed by atoms with van der Waals surface area (Å²) in [6, 6.07) is 5.75. The van der Waals surface area contributed by atoms with Crippen molar-refractivity contribution in [1.29, 1.82) is 0 Å². The summed E-state index contributed by atoms with van der Waals surface area (Å²) >= 11 is 0. The number of esters is 1. The fourth-order valence-corrected chi connectivity index (χ4v) is 3.20. The third kappa shape index (κ3) is 9.64. The number of amides is 3. The lowest BCUT2D eigenvalue weighted by Gasteiger charge is -2.35. The summed E-state index contributed by atoms with van der Waals surface area (Å²) < 4.78 is 10.1. The highest BCUT2D eigenvalue weighted by Crippen LogP contribution is 2.25. The Morgan fingerprint density at radius 1 is 1.15 bits per heavy atom.